The summed E-state index contributed by atoms with van der Waals surface area (Å²) in [6.07, 6.45) is 0. The van der Waals surface area contributed by atoms with Gasteiger partial charge in [0.1, 0.15) is 11.6 Å². The van der Waals surface area contributed by atoms with Crippen LogP contribution in [0.2, 0.25) is 5.02 Å². The molecule has 0 unspecified atom stereocenters. The minimum absolute atomic E-state index is 0.328. The number of benzene rings is 2. The molecule has 1 nitrogen and oxygen atoms in total. The van der Waals surface area contributed by atoms with Gasteiger partial charge in [0.05, 0.1) is 0 Å². The van der Waals surface area contributed by atoms with Gasteiger partial charge in [-0.1, -0.05) is 24.6 Å². The Morgan fingerprint density at radius 1 is 1.05 bits per heavy atom. The zero-order valence-corrected chi connectivity index (χ0v) is 11.3. The highest BCUT2D eigenvalue weighted by molar-refractivity contribution is 6.30. The molecule has 0 saturated heterocycles. The van der Waals surface area contributed by atoms with Crippen LogP contribution >= 0.6 is 11.6 Å². The van der Waals surface area contributed by atoms with Crippen LogP contribution in [0.5, 0.6) is 0 Å². The van der Waals surface area contributed by atoms with E-state index in [1.165, 1.54) is 18.2 Å². The smallest absolute Gasteiger partial charge is 0.132 e. The molecule has 0 aliphatic carbocycles. The summed E-state index contributed by atoms with van der Waals surface area (Å²) in [5, 5.41) is 3.46. The largest absolute Gasteiger partial charge is 0.313 e. The first-order chi connectivity index (χ1) is 9.11. The van der Waals surface area contributed by atoms with E-state index < -0.39 is 5.82 Å². The summed E-state index contributed by atoms with van der Waals surface area (Å²) in [5.74, 6) is -0.733. The van der Waals surface area contributed by atoms with Crippen LogP contribution in [-0.4, -0.2) is 6.54 Å². The summed E-state index contributed by atoms with van der Waals surface area (Å²) in [7, 11) is 0. The Bertz CT molecular complexity index is 584. The number of halogens is 3. The first-order valence-corrected chi connectivity index (χ1v) is 6.44. The van der Waals surface area contributed by atoms with Crippen LogP contribution in [-0.2, 0) is 6.54 Å². The lowest BCUT2D eigenvalue weighted by Gasteiger charge is -2.11. The molecule has 0 amide bonds. The maximum absolute atomic E-state index is 13.9. The average molecular weight is 282 g/mol. The summed E-state index contributed by atoms with van der Waals surface area (Å²) in [4.78, 5) is 0. The van der Waals surface area contributed by atoms with Crippen molar-refractivity contribution in [2.75, 3.05) is 6.54 Å². The van der Waals surface area contributed by atoms with Crippen LogP contribution in [0.1, 0.15) is 12.5 Å². The molecule has 0 saturated carbocycles. The molecule has 0 atom stereocenters. The SMILES string of the molecule is CCNCc1cc(F)ccc1-c1ccc(Cl)cc1F. The Balaban J connectivity index is 2.48. The van der Waals surface area contributed by atoms with Crippen molar-refractivity contribution in [3.05, 3.63) is 58.6 Å². The van der Waals surface area contributed by atoms with Gasteiger partial charge in [-0.2, -0.15) is 0 Å². The van der Waals surface area contributed by atoms with E-state index in [0.29, 0.717) is 22.7 Å². The Morgan fingerprint density at radius 2 is 1.79 bits per heavy atom. The van der Waals surface area contributed by atoms with Gasteiger partial charge in [-0.25, -0.2) is 8.78 Å². The van der Waals surface area contributed by atoms with Gasteiger partial charge in [-0.15, -0.1) is 0 Å². The maximum Gasteiger partial charge on any atom is 0.132 e. The zero-order chi connectivity index (χ0) is 13.8. The molecule has 1 N–H and O–H groups in total. The number of rotatable bonds is 4. The van der Waals surface area contributed by atoms with E-state index in [-0.39, 0.29) is 5.82 Å². The fraction of sp³-hybridized carbons (Fsp3) is 0.200. The molecule has 0 fully saturated rings. The van der Waals surface area contributed by atoms with Crippen molar-refractivity contribution in [2.24, 2.45) is 0 Å². The van der Waals surface area contributed by atoms with Gasteiger partial charge in [0.2, 0.25) is 0 Å². The van der Waals surface area contributed by atoms with Crippen LogP contribution in [0.25, 0.3) is 11.1 Å². The van der Waals surface area contributed by atoms with Gasteiger partial charge >= 0.3 is 0 Å². The van der Waals surface area contributed by atoms with E-state index in [1.54, 1.807) is 18.2 Å². The van der Waals surface area contributed by atoms with Crippen molar-refractivity contribution in [1.82, 2.24) is 5.32 Å². The Hall–Kier alpha value is -1.45. The summed E-state index contributed by atoms with van der Waals surface area (Å²) in [6.45, 7) is 3.21. The fourth-order valence-electron chi connectivity index (χ4n) is 1.94. The van der Waals surface area contributed by atoms with E-state index in [4.69, 9.17) is 11.6 Å². The summed E-state index contributed by atoms with van der Waals surface area (Å²) in [6, 6.07) is 8.84. The van der Waals surface area contributed by atoms with Crippen molar-refractivity contribution >= 4 is 11.6 Å². The van der Waals surface area contributed by atoms with Gasteiger partial charge in [0.25, 0.3) is 0 Å². The molecule has 2 aromatic carbocycles. The minimum atomic E-state index is -0.406. The quantitative estimate of drug-likeness (QED) is 0.876. The highest BCUT2D eigenvalue weighted by atomic mass is 35.5. The molecular weight excluding hydrogens is 268 g/mol. The summed E-state index contributed by atoms with van der Waals surface area (Å²) in [5.41, 5.74) is 1.83. The lowest BCUT2D eigenvalue weighted by atomic mass is 9.99. The van der Waals surface area contributed by atoms with Crippen molar-refractivity contribution in [3.63, 3.8) is 0 Å². The first kappa shape index (κ1) is 14.0. The van der Waals surface area contributed by atoms with Crippen molar-refractivity contribution in [1.29, 1.82) is 0 Å². The second kappa shape index (κ2) is 6.13. The molecule has 100 valence electrons. The second-order valence-corrected chi connectivity index (χ2v) is 4.64. The predicted molar refractivity (Wildman–Crippen MR) is 74.2 cm³/mol. The lowest BCUT2D eigenvalue weighted by Crippen LogP contribution is -2.12. The van der Waals surface area contributed by atoms with Crippen LogP contribution in [0.15, 0.2) is 36.4 Å². The van der Waals surface area contributed by atoms with E-state index in [0.717, 1.165) is 12.1 Å². The van der Waals surface area contributed by atoms with Crippen molar-refractivity contribution < 1.29 is 8.78 Å². The molecule has 0 heterocycles. The predicted octanol–water partition coefficient (Wildman–Crippen LogP) is 4.39. The van der Waals surface area contributed by atoms with E-state index in [9.17, 15) is 8.78 Å². The van der Waals surface area contributed by atoms with E-state index in [2.05, 4.69) is 5.32 Å². The summed E-state index contributed by atoms with van der Waals surface area (Å²) < 4.78 is 27.3. The van der Waals surface area contributed by atoms with Gasteiger partial charge < -0.3 is 5.32 Å². The van der Waals surface area contributed by atoms with E-state index >= 15 is 0 Å². The summed E-state index contributed by atoms with van der Waals surface area (Å²) >= 11 is 5.74. The Labute approximate surface area is 116 Å². The number of hydrogen-bond acceptors (Lipinski definition) is 1. The van der Waals surface area contributed by atoms with Crippen LogP contribution in [0.3, 0.4) is 0 Å². The molecule has 2 aromatic rings. The van der Waals surface area contributed by atoms with Gasteiger partial charge in [0, 0.05) is 17.1 Å². The highest BCUT2D eigenvalue weighted by Crippen LogP contribution is 2.28. The third kappa shape index (κ3) is 3.31. The number of nitrogens with one attached hydrogen (secondary N) is 1. The standard InChI is InChI=1S/C15H14ClF2N/c1-2-19-9-10-7-12(17)4-6-13(10)14-5-3-11(16)8-15(14)18/h3-8,19H,2,9H2,1H3. The molecule has 0 aliphatic heterocycles. The van der Waals surface area contributed by atoms with Gasteiger partial charge in [-0.3, -0.25) is 0 Å². The molecule has 0 aliphatic rings. The second-order valence-electron chi connectivity index (χ2n) is 4.21. The third-order valence-electron chi connectivity index (χ3n) is 2.85. The highest BCUT2D eigenvalue weighted by Gasteiger charge is 2.11. The Morgan fingerprint density at radius 3 is 2.47 bits per heavy atom. The molecule has 4 heteroatoms. The van der Waals surface area contributed by atoms with Crippen molar-refractivity contribution in [3.8, 4) is 11.1 Å². The number of hydrogen-bond donors (Lipinski definition) is 1. The molecule has 2 rings (SSSR count). The molecule has 19 heavy (non-hydrogen) atoms. The van der Waals surface area contributed by atoms with Gasteiger partial charge in [0.15, 0.2) is 0 Å². The third-order valence-corrected chi connectivity index (χ3v) is 3.09. The van der Waals surface area contributed by atoms with Gasteiger partial charge in [-0.05, 0) is 48.0 Å². The average Bonchev–Trinajstić information content (AvgIpc) is 2.37. The van der Waals surface area contributed by atoms with Crippen LogP contribution in [0, 0.1) is 11.6 Å². The molecular formula is C15H14ClF2N. The molecule has 0 spiro atoms. The van der Waals surface area contributed by atoms with Crippen molar-refractivity contribution in [2.45, 2.75) is 13.5 Å². The molecule has 0 bridgehead atoms. The minimum Gasteiger partial charge on any atom is -0.313 e. The van der Waals surface area contributed by atoms with Crippen LogP contribution < -0.4 is 5.32 Å². The molecule has 0 radical (unpaired) electrons. The monoisotopic (exact) mass is 281 g/mol. The zero-order valence-electron chi connectivity index (χ0n) is 10.5. The first-order valence-electron chi connectivity index (χ1n) is 6.06. The fourth-order valence-corrected chi connectivity index (χ4v) is 2.10. The van der Waals surface area contributed by atoms with E-state index in [1.807, 2.05) is 6.92 Å². The molecule has 0 aromatic heterocycles. The maximum atomic E-state index is 13.9. The normalized spacial score (nSPS) is 10.7. The Kier molecular flexibility index (Phi) is 4.51. The lowest BCUT2D eigenvalue weighted by molar-refractivity contribution is 0.620. The van der Waals surface area contributed by atoms with Crippen LogP contribution in [0.4, 0.5) is 8.78 Å². The topological polar surface area (TPSA) is 12.0 Å².